The van der Waals surface area contributed by atoms with Gasteiger partial charge in [0.25, 0.3) is 23.3 Å². The van der Waals surface area contributed by atoms with Crippen molar-refractivity contribution in [1.82, 2.24) is 15.1 Å². The molecule has 7 nitrogen and oxygen atoms in total. The normalized spacial score (nSPS) is 17.7. The van der Waals surface area contributed by atoms with Crippen LogP contribution in [0.2, 0.25) is 0 Å². The molecule has 3 rings (SSSR count). The van der Waals surface area contributed by atoms with Gasteiger partial charge in [0, 0.05) is 13.1 Å². The first-order valence-corrected chi connectivity index (χ1v) is 6.56. The number of aromatic amines is 1. The average molecular weight is 320 g/mol. The number of aromatic nitrogens is 3. The summed E-state index contributed by atoms with van der Waals surface area (Å²) < 4.78 is 31.3. The van der Waals surface area contributed by atoms with E-state index in [1.165, 1.54) is 18.4 Å². The zero-order chi connectivity index (χ0) is 16.6. The second kappa shape index (κ2) is 5.34. The van der Waals surface area contributed by atoms with Crippen LogP contribution in [0.1, 0.15) is 24.4 Å². The van der Waals surface area contributed by atoms with Gasteiger partial charge in [0.1, 0.15) is 11.5 Å². The van der Waals surface area contributed by atoms with E-state index in [9.17, 15) is 18.4 Å². The number of H-pyrrole nitrogens is 1. The number of alkyl halides is 2. The number of rotatable bonds is 3. The SMILES string of the molecule is CC(F)(F)c1ccc(-c2nc(C3C=CC=NC3=O)no2)c(=O)[nH]1. The summed E-state index contributed by atoms with van der Waals surface area (Å²) in [5.74, 6) is -4.55. The third kappa shape index (κ3) is 2.85. The predicted molar refractivity (Wildman–Crippen MR) is 75.3 cm³/mol. The number of amides is 1. The molecule has 118 valence electrons. The Labute approximate surface area is 127 Å². The Bertz CT molecular complexity index is 877. The molecule has 1 unspecified atom stereocenters. The molecule has 23 heavy (non-hydrogen) atoms. The second-order valence-electron chi connectivity index (χ2n) is 4.94. The number of halogens is 2. The van der Waals surface area contributed by atoms with Gasteiger partial charge < -0.3 is 9.51 Å². The van der Waals surface area contributed by atoms with Crippen LogP contribution in [0.4, 0.5) is 8.78 Å². The van der Waals surface area contributed by atoms with Crippen LogP contribution >= 0.6 is 0 Å². The number of hydrogen-bond donors (Lipinski definition) is 1. The van der Waals surface area contributed by atoms with E-state index in [4.69, 9.17) is 4.52 Å². The van der Waals surface area contributed by atoms with Crippen LogP contribution in [0, 0.1) is 0 Å². The smallest absolute Gasteiger partial charge is 0.284 e. The number of aliphatic imine (C=N–C) groups is 1. The van der Waals surface area contributed by atoms with E-state index in [1.54, 1.807) is 6.08 Å². The predicted octanol–water partition coefficient (Wildman–Crippen LogP) is 1.79. The molecule has 1 atom stereocenters. The standard InChI is InChI=1S/C14H10F2N4O3/c1-14(15,16)9-5-4-8(12(22)18-9)13-19-10(20-23-13)7-3-2-6-17-11(7)21/h2-7H,1H3,(H,18,22). The summed E-state index contributed by atoms with van der Waals surface area (Å²) in [6.45, 7) is 0.671. The van der Waals surface area contributed by atoms with Crippen LogP contribution < -0.4 is 5.56 Å². The summed E-state index contributed by atoms with van der Waals surface area (Å²) in [7, 11) is 0. The summed E-state index contributed by atoms with van der Waals surface area (Å²) in [5, 5.41) is 3.65. The van der Waals surface area contributed by atoms with Crippen LogP contribution in [-0.4, -0.2) is 27.2 Å². The molecule has 1 amide bonds. The van der Waals surface area contributed by atoms with Gasteiger partial charge in [-0.15, -0.1) is 0 Å². The molecule has 0 fully saturated rings. The largest absolute Gasteiger partial charge is 0.334 e. The van der Waals surface area contributed by atoms with E-state index in [2.05, 4.69) is 20.1 Å². The van der Waals surface area contributed by atoms with Gasteiger partial charge in [-0.05, 0) is 18.2 Å². The van der Waals surface area contributed by atoms with Gasteiger partial charge in [0.15, 0.2) is 5.82 Å². The zero-order valence-corrected chi connectivity index (χ0v) is 11.8. The second-order valence-corrected chi connectivity index (χ2v) is 4.94. The molecule has 0 spiro atoms. The van der Waals surface area contributed by atoms with Crippen LogP contribution in [0.15, 0.2) is 38.6 Å². The van der Waals surface area contributed by atoms with Crippen molar-refractivity contribution in [2.45, 2.75) is 18.8 Å². The average Bonchev–Trinajstić information content (AvgIpc) is 2.96. The van der Waals surface area contributed by atoms with Crippen LogP contribution in [-0.2, 0) is 10.7 Å². The lowest BCUT2D eigenvalue weighted by Gasteiger charge is -2.09. The van der Waals surface area contributed by atoms with Crippen molar-refractivity contribution < 1.29 is 18.1 Å². The van der Waals surface area contributed by atoms with Crippen molar-refractivity contribution in [2.75, 3.05) is 0 Å². The minimum Gasteiger partial charge on any atom is -0.334 e. The molecule has 9 heteroatoms. The fourth-order valence-corrected chi connectivity index (χ4v) is 2.01. The highest BCUT2D eigenvalue weighted by Gasteiger charge is 2.28. The van der Waals surface area contributed by atoms with Crippen LogP contribution in [0.3, 0.4) is 0 Å². The fraction of sp³-hybridized carbons (Fsp3) is 0.214. The van der Waals surface area contributed by atoms with E-state index < -0.39 is 29.0 Å². The molecule has 1 aliphatic heterocycles. The summed E-state index contributed by atoms with van der Waals surface area (Å²) in [4.78, 5) is 33.2. The third-order valence-corrected chi connectivity index (χ3v) is 3.19. The number of nitrogens with one attached hydrogen (secondary N) is 1. The van der Waals surface area contributed by atoms with Gasteiger partial charge >= 0.3 is 0 Å². The lowest BCUT2D eigenvalue weighted by molar-refractivity contribution is -0.118. The monoisotopic (exact) mass is 320 g/mol. The van der Waals surface area contributed by atoms with Crippen molar-refractivity contribution in [3.8, 4) is 11.5 Å². The van der Waals surface area contributed by atoms with E-state index in [0.29, 0.717) is 6.92 Å². The lowest BCUT2D eigenvalue weighted by Crippen LogP contribution is -2.18. The Balaban J connectivity index is 1.95. The number of carbonyl (C=O) groups excluding carboxylic acids is 1. The molecule has 1 aliphatic rings. The van der Waals surface area contributed by atoms with Gasteiger partial charge in [0.2, 0.25) is 0 Å². The van der Waals surface area contributed by atoms with Gasteiger partial charge in [-0.25, -0.2) is 13.8 Å². The van der Waals surface area contributed by atoms with Gasteiger partial charge in [-0.1, -0.05) is 11.2 Å². The Kier molecular flexibility index (Phi) is 3.47. The molecule has 0 saturated heterocycles. The summed E-state index contributed by atoms with van der Waals surface area (Å²) in [6.07, 6.45) is 4.44. The molecule has 1 N–H and O–H groups in total. The maximum Gasteiger partial charge on any atom is 0.284 e. The molecule has 0 radical (unpaired) electrons. The van der Waals surface area contributed by atoms with Crippen molar-refractivity contribution in [3.63, 3.8) is 0 Å². The van der Waals surface area contributed by atoms with E-state index in [0.717, 1.165) is 6.07 Å². The summed E-state index contributed by atoms with van der Waals surface area (Å²) in [5.41, 5.74) is -1.37. The van der Waals surface area contributed by atoms with E-state index in [-0.39, 0.29) is 17.3 Å². The van der Waals surface area contributed by atoms with Crippen LogP contribution in [0.5, 0.6) is 0 Å². The minimum atomic E-state index is -3.17. The number of dihydropyridines is 1. The highest BCUT2D eigenvalue weighted by atomic mass is 19.3. The molecular weight excluding hydrogens is 310 g/mol. The maximum absolute atomic E-state index is 13.2. The number of allylic oxidation sites excluding steroid dienone is 1. The van der Waals surface area contributed by atoms with Crippen molar-refractivity contribution in [2.24, 2.45) is 4.99 Å². The Morgan fingerprint density at radius 2 is 2.09 bits per heavy atom. The highest BCUT2D eigenvalue weighted by Crippen LogP contribution is 2.26. The summed E-state index contributed by atoms with van der Waals surface area (Å²) >= 11 is 0. The Morgan fingerprint density at radius 3 is 2.74 bits per heavy atom. The Morgan fingerprint density at radius 1 is 1.30 bits per heavy atom. The minimum absolute atomic E-state index is 0.0439. The number of carbonyl (C=O) groups is 1. The van der Waals surface area contributed by atoms with Crippen molar-refractivity contribution in [1.29, 1.82) is 0 Å². The molecule has 2 aromatic heterocycles. The molecule has 3 heterocycles. The molecule has 0 aliphatic carbocycles. The van der Waals surface area contributed by atoms with Crippen molar-refractivity contribution in [3.05, 3.63) is 46.2 Å². The Hall–Kier alpha value is -2.97. The molecule has 0 bridgehead atoms. The molecular formula is C14H10F2N4O3. The maximum atomic E-state index is 13.2. The lowest BCUT2D eigenvalue weighted by atomic mass is 10.1. The third-order valence-electron chi connectivity index (χ3n) is 3.19. The van der Waals surface area contributed by atoms with Gasteiger partial charge in [-0.2, -0.15) is 4.98 Å². The van der Waals surface area contributed by atoms with Gasteiger partial charge in [0.05, 0.1) is 5.69 Å². The fourth-order valence-electron chi connectivity index (χ4n) is 2.01. The van der Waals surface area contributed by atoms with Crippen LogP contribution in [0.25, 0.3) is 11.5 Å². The van der Waals surface area contributed by atoms with E-state index in [1.807, 2.05) is 0 Å². The first-order chi connectivity index (χ1) is 10.9. The van der Waals surface area contributed by atoms with Crippen molar-refractivity contribution >= 4 is 12.1 Å². The number of pyridine rings is 1. The topological polar surface area (TPSA) is 101 Å². The van der Waals surface area contributed by atoms with Gasteiger partial charge in [-0.3, -0.25) is 9.59 Å². The first kappa shape index (κ1) is 14.9. The highest BCUT2D eigenvalue weighted by molar-refractivity contribution is 5.96. The molecule has 2 aromatic rings. The van der Waals surface area contributed by atoms with E-state index >= 15 is 0 Å². The summed E-state index contributed by atoms with van der Waals surface area (Å²) in [6, 6.07) is 2.23. The molecule has 0 saturated carbocycles. The number of nitrogens with zero attached hydrogens (tertiary/aromatic N) is 3. The first-order valence-electron chi connectivity index (χ1n) is 6.56. The molecule has 0 aromatic carbocycles. The quantitative estimate of drug-likeness (QED) is 0.929. The zero-order valence-electron chi connectivity index (χ0n) is 11.8. The number of hydrogen-bond acceptors (Lipinski definition) is 5.